The van der Waals surface area contributed by atoms with E-state index in [-0.39, 0.29) is 5.04 Å². The molecule has 0 amide bonds. The lowest BCUT2D eigenvalue weighted by molar-refractivity contribution is 0.306. The summed E-state index contributed by atoms with van der Waals surface area (Å²) in [7, 11) is -0.195. The normalized spacial score (nSPS) is 12.6. The van der Waals surface area contributed by atoms with E-state index in [9.17, 15) is 0 Å². The third-order valence-corrected chi connectivity index (χ3v) is 9.48. The first kappa shape index (κ1) is 21.1. The summed E-state index contributed by atoms with van der Waals surface area (Å²) in [5, 5.41) is 0.169. The maximum atomic E-state index is 6.48. The van der Waals surface area contributed by atoms with Gasteiger partial charge in [0.25, 0.3) is 0 Å². The topological polar surface area (TPSA) is 27.7 Å². The molecular weight excluding hydrogens is 352 g/mol. The number of allylic oxidation sites excluding steroid dienone is 1. The van der Waals surface area contributed by atoms with E-state index in [1.165, 1.54) is 0 Å². The highest BCUT2D eigenvalue weighted by molar-refractivity contribution is 6.74. The number of benzene rings is 2. The smallest absolute Gasteiger partial charge is 0.250 e. The lowest BCUT2D eigenvalue weighted by atomic mass is 10.2. The van der Waals surface area contributed by atoms with Gasteiger partial charge in [0.15, 0.2) is 0 Å². The first-order valence-electron chi connectivity index (χ1n) is 9.38. The summed E-state index contributed by atoms with van der Waals surface area (Å²) >= 11 is 0. The molecule has 0 unspecified atom stereocenters. The SMILES string of the molecule is CC=C(O[Si](C)(C)C(C)(C)C)c1ccc(OCc2ccc(OC)cc2)cc1. The molecule has 0 aliphatic heterocycles. The Labute approximate surface area is 165 Å². The molecule has 0 atom stereocenters. The number of ether oxygens (including phenoxy) is 2. The summed E-state index contributed by atoms with van der Waals surface area (Å²) in [6, 6.07) is 16.0. The molecule has 0 N–H and O–H groups in total. The highest BCUT2D eigenvalue weighted by atomic mass is 28.4. The van der Waals surface area contributed by atoms with Gasteiger partial charge in [0.2, 0.25) is 8.32 Å². The summed E-state index contributed by atoms with van der Waals surface area (Å²) in [6.45, 7) is 13.8. The lowest BCUT2D eigenvalue weighted by Crippen LogP contribution is -2.40. The Bertz CT molecular complexity index is 754. The minimum atomic E-state index is -1.86. The van der Waals surface area contributed by atoms with E-state index in [1.807, 2.05) is 49.4 Å². The molecule has 0 aliphatic carbocycles. The second kappa shape index (κ2) is 8.66. The van der Waals surface area contributed by atoms with Gasteiger partial charge in [-0.25, -0.2) is 0 Å². The van der Waals surface area contributed by atoms with Crippen molar-refractivity contribution < 1.29 is 13.9 Å². The van der Waals surface area contributed by atoms with E-state index < -0.39 is 8.32 Å². The van der Waals surface area contributed by atoms with E-state index in [2.05, 4.69) is 46.0 Å². The van der Waals surface area contributed by atoms with Crippen LogP contribution in [0.25, 0.3) is 5.76 Å². The molecule has 0 aliphatic rings. The van der Waals surface area contributed by atoms with Gasteiger partial charge in [0, 0.05) is 5.56 Å². The second-order valence-corrected chi connectivity index (χ2v) is 12.9. The Morgan fingerprint density at radius 2 is 1.48 bits per heavy atom. The summed E-state index contributed by atoms with van der Waals surface area (Å²) < 4.78 is 17.6. The van der Waals surface area contributed by atoms with Gasteiger partial charge in [0.1, 0.15) is 23.9 Å². The first-order chi connectivity index (χ1) is 12.7. The van der Waals surface area contributed by atoms with Crippen molar-refractivity contribution in [2.45, 2.75) is 52.4 Å². The van der Waals surface area contributed by atoms with Crippen LogP contribution in [0.1, 0.15) is 38.8 Å². The van der Waals surface area contributed by atoms with Crippen molar-refractivity contribution in [3.63, 3.8) is 0 Å². The van der Waals surface area contributed by atoms with Gasteiger partial charge in [-0.1, -0.05) is 32.9 Å². The molecular formula is C23H32O3Si. The molecule has 0 aromatic heterocycles. The van der Waals surface area contributed by atoms with Crippen LogP contribution in [-0.4, -0.2) is 15.4 Å². The van der Waals surface area contributed by atoms with E-state index in [4.69, 9.17) is 13.9 Å². The Hall–Kier alpha value is -2.20. The monoisotopic (exact) mass is 384 g/mol. The van der Waals surface area contributed by atoms with Crippen LogP contribution < -0.4 is 9.47 Å². The predicted molar refractivity (Wildman–Crippen MR) is 116 cm³/mol. The molecule has 0 saturated heterocycles. The van der Waals surface area contributed by atoms with Gasteiger partial charge in [-0.05, 0) is 73.1 Å². The average molecular weight is 385 g/mol. The van der Waals surface area contributed by atoms with Crippen LogP contribution in [0.15, 0.2) is 54.6 Å². The zero-order valence-electron chi connectivity index (χ0n) is 17.6. The molecule has 4 heteroatoms. The van der Waals surface area contributed by atoms with E-state index in [1.54, 1.807) is 7.11 Å². The molecule has 2 aromatic carbocycles. The standard InChI is InChI=1S/C23H32O3Si/c1-8-22(26-27(6,7)23(2,3)4)19-11-15-21(16-12-19)25-17-18-9-13-20(24-5)14-10-18/h8-16H,17H2,1-7H3. The molecule has 2 aromatic rings. The highest BCUT2D eigenvalue weighted by Gasteiger charge is 2.39. The van der Waals surface area contributed by atoms with Crippen LogP contribution >= 0.6 is 0 Å². The highest BCUT2D eigenvalue weighted by Crippen LogP contribution is 2.39. The van der Waals surface area contributed by atoms with Crippen LogP contribution in [0.5, 0.6) is 11.5 Å². The van der Waals surface area contributed by atoms with Crippen LogP contribution in [0.2, 0.25) is 18.1 Å². The van der Waals surface area contributed by atoms with Gasteiger partial charge in [-0.15, -0.1) is 0 Å². The molecule has 146 valence electrons. The van der Waals surface area contributed by atoms with Gasteiger partial charge in [0.05, 0.1) is 7.11 Å². The van der Waals surface area contributed by atoms with Crippen molar-refractivity contribution in [2.24, 2.45) is 0 Å². The third kappa shape index (κ3) is 5.63. The molecule has 0 spiro atoms. The van der Waals surface area contributed by atoms with Crippen LogP contribution in [-0.2, 0) is 11.0 Å². The largest absolute Gasteiger partial charge is 0.543 e. The van der Waals surface area contributed by atoms with Crippen LogP contribution in [0.3, 0.4) is 0 Å². The number of methoxy groups -OCH3 is 1. The third-order valence-electron chi connectivity index (χ3n) is 5.14. The molecule has 0 bridgehead atoms. The van der Waals surface area contributed by atoms with Gasteiger partial charge in [-0.3, -0.25) is 0 Å². The number of hydrogen-bond donors (Lipinski definition) is 0. The van der Waals surface area contributed by atoms with E-state index in [0.29, 0.717) is 6.61 Å². The van der Waals surface area contributed by atoms with Crippen LogP contribution in [0.4, 0.5) is 0 Å². The maximum absolute atomic E-state index is 6.48. The maximum Gasteiger partial charge on any atom is 0.250 e. The molecule has 0 fully saturated rings. The molecule has 0 radical (unpaired) electrons. The van der Waals surface area contributed by atoms with E-state index >= 15 is 0 Å². The van der Waals surface area contributed by atoms with Crippen molar-refractivity contribution >= 4 is 14.1 Å². The quantitative estimate of drug-likeness (QED) is 0.395. The van der Waals surface area contributed by atoms with Crippen molar-refractivity contribution in [1.29, 1.82) is 0 Å². The molecule has 3 nitrogen and oxygen atoms in total. The Balaban J connectivity index is 2.02. The minimum Gasteiger partial charge on any atom is -0.543 e. The van der Waals surface area contributed by atoms with Gasteiger partial charge >= 0.3 is 0 Å². The van der Waals surface area contributed by atoms with Crippen molar-refractivity contribution in [1.82, 2.24) is 0 Å². The fraction of sp³-hybridized carbons (Fsp3) is 0.391. The number of rotatable bonds is 7. The molecule has 2 rings (SSSR count). The van der Waals surface area contributed by atoms with Crippen molar-refractivity contribution in [3.05, 3.63) is 65.7 Å². The summed E-state index contributed by atoms with van der Waals surface area (Å²) in [4.78, 5) is 0. The lowest BCUT2D eigenvalue weighted by Gasteiger charge is -2.37. The average Bonchev–Trinajstić information content (AvgIpc) is 2.64. The summed E-state index contributed by atoms with van der Waals surface area (Å²) in [6.07, 6.45) is 2.05. The van der Waals surface area contributed by atoms with Gasteiger partial charge < -0.3 is 13.9 Å². The zero-order chi connectivity index (χ0) is 20.1. The Morgan fingerprint density at radius 3 is 1.96 bits per heavy atom. The van der Waals surface area contributed by atoms with Gasteiger partial charge in [-0.2, -0.15) is 0 Å². The summed E-state index contributed by atoms with van der Waals surface area (Å²) in [5.74, 6) is 2.64. The minimum absolute atomic E-state index is 0.169. The zero-order valence-corrected chi connectivity index (χ0v) is 18.6. The number of hydrogen-bond acceptors (Lipinski definition) is 3. The Morgan fingerprint density at radius 1 is 0.926 bits per heavy atom. The van der Waals surface area contributed by atoms with Crippen LogP contribution in [0, 0.1) is 0 Å². The van der Waals surface area contributed by atoms with Crippen molar-refractivity contribution in [3.8, 4) is 11.5 Å². The molecule has 0 heterocycles. The fourth-order valence-corrected chi connectivity index (χ4v) is 3.41. The second-order valence-electron chi connectivity index (χ2n) is 8.18. The van der Waals surface area contributed by atoms with Crippen molar-refractivity contribution in [2.75, 3.05) is 7.11 Å². The Kier molecular flexibility index (Phi) is 6.77. The van der Waals surface area contributed by atoms with E-state index in [0.717, 1.165) is 28.4 Å². The molecule has 0 saturated carbocycles. The first-order valence-corrected chi connectivity index (χ1v) is 12.3. The fourth-order valence-electron chi connectivity index (χ4n) is 2.32. The predicted octanol–water partition coefficient (Wildman–Crippen LogP) is 6.66. The molecule has 27 heavy (non-hydrogen) atoms. The summed E-state index contributed by atoms with van der Waals surface area (Å²) in [5.41, 5.74) is 2.19.